The lowest BCUT2D eigenvalue weighted by Gasteiger charge is -2.24. The molecular formula is C20H33N5O11. The first kappa shape index (κ1) is 32.2. The molecule has 0 heterocycles. The van der Waals surface area contributed by atoms with Crippen molar-refractivity contribution in [1.82, 2.24) is 21.3 Å². The minimum atomic E-state index is -1.74. The maximum Gasteiger partial charge on any atom is 0.326 e. The molecule has 204 valence electrons. The second kappa shape index (κ2) is 15.3. The molecule has 4 amide bonds. The van der Waals surface area contributed by atoms with Gasteiger partial charge in [-0.2, -0.15) is 0 Å². The minimum absolute atomic E-state index is 0.0316. The summed E-state index contributed by atoms with van der Waals surface area (Å²) in [5, 5.41) is 44.9. The predicted octanol–water partition coefficient (Wildman–Crippen LogP) is -3.65. The van der Waals surface area contributed by atoms with Gasteiger partial charge in [-0.05, 0) is 19.3 Å². The van der Waals surface area contributed by atoms with Crippen LogP contribution in [0.3, 0.4) is 0 Å². The third-order valence-electron chi connectivity index (χ3n) is 4.63. The molecule has 0 radical (unpaired) electrons. The Morgan fingerprint density at radius 2 is 1.14 bits per heavy atom. The largest absolute Gasteiger partial charge is 0.481 e. The van der Waals surface area contributed by atoms with Crippen molar-refractivity contribution in [3.05, 3.63) is 0 Å². The molecule has 5 atom stereocenters. The Kier molecular flexibility index (Phi) is 13.6. The van der Waals surface area contributed by atoms with Gasteiger partial charge in [0, 0.05) is 0 Å². The first-order valence-electron chi connectivity index (χ1n) is 10.8. The van der Waals surface area contributed by atoms with E-state index in [4.69, 9.17) is 15.9 Å². The molecule has 0 aromatic carbocycles. The molecule has 0 saturated heterocycles. The van der Waals surface area contributed by atoms with Gasteiger partial charge in [0.25, 0.3) is 0 Å². The van der Waals surface area contributed by atoms with E-state index in [1.165, 1.54) is 6.92 Å². The number of rotatable bonds is 16. The Hall–Kier alpha value is -3.79. The van der Waals surface area contributed by atoms with Crippen LogP contribution in [0, 0.1) is 5.92 Å². The standard InChI is InChI=1S/C20H33N5O11/c1-8(2)4-12(20(35)36)24-18(33)11(6-15(29)30)23-19(34)13(7-26)25-16(31)9(3)22-17(32)10(21)5-14(27)28/h8-13,26H,4-7,21H2,1-3H3,(H,22,32)(H,23,34)(H,24,33)(H,25,31)(H,27,28)(H,29,30)(H,35,36)/t9-,10-,11-,12-,13-/m0/s1. The SMILES string of the molecule is CC(C)C[C@H](NC(=O)[C@H](CC(=O)O)NC(=O)[C@H](CO)NC(=O)[C@H](C)NC(=O)[C@@H](N)CC(=O)O)C(=O)O. The van der Waals surface area contributed by atoms with Crippen LogP contribution in [0.4, 0.5) is 0 Å². The zero-order valence-corrected chi connectivity index (χ0v) is 20.0. The van der Waals surface area contributed by atoms with Crippen LogP contribution < -0.4 is 27.0 Å². The summed E-state index contributed by atoms with van der Waals surface area (Å²) >= 11 is 0. The van der Waals surface area contributed by atoms with Crippen molar-refractivity contribution in [2.45, 2.75) is 70.2 Å². The topological polar surface area (TPSA) is 275 Å². The molecule has 0 unspecified atom stereocenters. The van der Waals surface area contributed by atoms with E-state index in [0.717, 1.165) is 0 Å². The van der Waals surface area contributed by atoms with Crippen molar-refractivity contribution in [2.24, 2.45) is 11.7 Å². The van der Waals surface area contributed by atoms with Crippen LogP contribution >= 0.6 is 0 Å². The molecule has 0 rings (SSSR count). The van der Waals surface area contributed by atoms with Crippen LogP contribution in [0.1, 0.15) is 40.0 Å². The van der Waals surface area contributed by atoms with Gasteiger partial charge < -0.3 is 47.4 Å². The van der Waals surface area contributed by atoms with Gasteiger partial charge in [0.05, 0.1) is 25.5 Å². The number of amides is 4. The molecular weight excluding hydrogens is 486 g/mol. The van der Waals surface area contributed by atoms with Gasteiger partial charge in [0.15, 0.2) is 0 Å². The molecule has 0 aliphatic carbocycles. The lowest BCUT2D eigenvalue weighted by Crippen LogP contribution is -2.59. The lowest BCUT2D eigenvalue weighted by atomic mass is 10.0. The summed E-state index contributed by atoms with van der Waals surface area (Å²) in [6.07, 6.45) is -1.59. The van der Waals surface area contributed by atoms with Crippen LogP contribution in [0.2, 0.25) is 0 Å². The monoisotopic (exact) mass is 519 g/mol. The van der Waals surface area contributed by atoms with E-state index < -0.39 is 91.2 Å². The number of aliphatic hydroxyl groups is 1. The Labute approximate surface area is 206 Å². The van der Waals surface area contributed by atoms with Crippen molar-refractivity contribution in [3.8, 4) is 0 Å². The molecule has 0 saturated carbocycles. The highest BCUT2D eigenvalue weighted by atomic mass is 16.4. The highest BCUT2D eigenvalue weighted by Crippen LogP contribution is 2.06. The fourth-order valence-electron chi connectivity index (χ4n) is 2.78. The number of aliphatic carboxylic acids is 3. The summed E-state index contributed by atoms with van der Waals surface area (Å²) in [4.78, 5) is 82.4. The highest BCUT2D eigenvalue weighted by Gasteiger charge is 2.32. The summed E-state index contributed by atoms with van der Waals surface area (Å²) in [7, 11) is 0. The summed E-state index contributed by atoms with van der Waals surface area (Å²) in [6, 6.07) is -7.53. The van der Waals surface area contributed by atoms with Crippen LogP contribution in [-0.2, 0) is 33.6 Å². The Bertz CT molecular complexity index is 848. The molecule has 16 heteroatoms. The van der Waals surface area contributed by atoms with Gasteiger partial charge in [0.1, 0.15) is 24.2 Å². The molecule has 0 aliphatic rings. The van der Waals surface area contributed by atoms with Crippen molar-refractivity contribution >= 4 is 41.5 Å². The fraction of sp³-hybridized carbons (Fsp3) is 0.650. The summed E-state index contributed by atoms with van der Waals surface area (Å²) in [5.74, 6) is -8.54. The third kappa shape index (κ3) is 12.1. The van der Waals surface area contributed by atoms with Crippen LogP contribution in [0.25, 0.3) is 0 Å². The predicted molar refractivity (Wildman–Crippen MR) is 120 cm³/mol. The minimum Gasteiger partial charge on any atom is -0.481 e. The molecule has 0 aliphatic heterocycles. The van der Waals surface area contributed by atoms with Crippen molar-refractivity contribution in [1.29, 1.82) is 0 Å². The Balaban J connectivity index is 5.30. The lowest BCUT2D eigenvalue weighted by molar-refractivity contribution is -0.144. The molecule has 36 heavy (non-hydrogen) atoms. The van der Waals surface area contributed by atoms with Gasteiger partial charge >= 0.3 is 17.9 Å². The molecule has 10 N–H and O–H groups in total. The average Bonchev–Trinajstić information content (AvgIpc) is 2.74. The van der Waals surface area contributed by atoms with Crippen molar-refractivity contribution < 1.29 is 54.0 Å². The van der Waals surface area contributed by atoms with Gasteiger partial charge in [0.2, 0.25) is 23.6 Å². The zero-order chi connectivity index (χ0) is 28.2. The average molecular weight is 520 g/mol. The second-order valence-corrected chi connectivity index (χ2v) is 8.37. The van der Waals surface area contributed by atoms with E-state index in [1.807, 2.05) is 5.32 Å². The van der Waals surface area contributed by atoms with E-state index in [-0.39, 0.29) is 12.3 Å². The maximum atomic E-state index is 12.5. The van der Waals surface area contributed by atoms with E-state index >= 15 is 0 Å². The maximum absolute atomic E-state index is 12.5. The Morgan fingerprint density at radius 3 is 1.58 bits per heavy atom. The molecule has 0 aromatic heterocycles. The summed E-state index contributed by atoms with van der Waals surface area (Å²) in [5.41, 5.74) is 5.39. The number of carbonyl (C=O) groups is 7. The first-order chi connectivity index (χ1) is 16.6. The molecule has 0 bridgehead atoms. The summed E-state index contributed by atoms with van der Waals surface area (Å²) in [6.45, 7) is 3.62. The molecule has 0 spiro atoms. The summed E-state index contributed by atoms with van der Waals surface area (Å²) < 4.78 is 0. The van der Waals surface area contributed by atoms with Gasteiger partial charge in [-0.3, -0.25) is 28.8 Å². The van der Waals surface area contributed by atoms with Crippen LogP contribution in [0.15, 0.2) is 0 Å². The number of carboxylic acid groups (broad SMARTS) is 3. The quantitative estimate of drug-likeness (QED) is 0.0954. The molecule has 16 nitrogen and oxygen atoms in total. The number of carbonyl (C=O) groups excluding carboxylic acids is 4. The molecule has 0 fully saturated rings. The van der Waals surface area contributed by atoms with E-state index in [9.17, 15) is 43.8 Å². The van der Waals surface area contributed by atoms with E-state index in [1.54, 1.807) is 13.8 Å². The van der Waals surface area contributed by atoms with Crippen molar-refractivity contribution in [2.75, 3.05) is 6.61 Å². The fourth-order valence-corrected chi connectivity index (χ4v) is 2.78. The van der Waals surface area contributed by atoms with Crippen molar-refractivity contribution in [3.63, 3.8) is 0 Å². The van der Waals surface area contributed by atoms with E-state index in [0.29, 0.717) is 0 Å². The first-order valence-corrected chi connectivity index (χ1v) is 10.8. The van der Waals surface area contributed by atoms with E-state index in [2.05, 4.69) is 16.0 Å². The smallest absolute Gasteiger partial charge is 0.326 e. The number of aliphatic hydroxyl groups excluding tert-OH is 1. The zero-order valence-electron chi connectivity index (χ0n) is 20.0. The van der Waals surface area contributed by atoms with Gasteiger partial charge in [-0.1, -0.05) is 13.8 Å². The van der Waals surface area contributed by atoms with Gasteiger partial charge in [-0.25, -0.2) is 4.79 Å². The Morgan fingerprint density at radius 1 is 0.667 bits per heavy atom. The number of nitrogens with two attached hydrogens (primary N) is 1. The van der Waals surface area contributed by atoms with Gasteiger partial charge in [-0.15, -0.1) is 0 Å². The number of hydrogen-bond donors (Lipinski definition) is 9. The third-order valence-corrected chi connectivity index (χ3v) is 4.63. The molecule has 0 aromatic rings. The second-order valence-electron chi connectivity index (χ2n) is 8.37. The number of carboxylic acids is 3. The number of nitrogens with one attached hydrogen (secondary N) is 4. The number of hydrogen-bond acceptors (Lipinski definition) is 9. The van der Waals surface area contributed by atoms with Crippen LogP contribution in [-0.4, -0.2) is 98.8 Å². The highest BCUT2D eigenvalue weighted by molar-refractivity contribution is 5.96. The van der Waals surface area contributed by atoms with Crippen LogP contribution in [0.5, 0.6) is 0 Å². The normalized spacial score (nSPS) is 14.9.